The molecule has 1 amide bonds. The van der Waals surface area contributed by atoms with Crippen molar-refractivity contribution in [2.75, 3.05) is 26.4 Å². The van der Waals surface area contributed by atoms with E-state index in [0.29, 0.717) is 32.8 Å². The number of rotatable bonds is 7. The van der Waals surface area contributed by atoms with Gasteiger partial charge < -0.3 is 14.8 Å². The summed E-state index contributed by atoms with van der Waals surface area (Å²) in [5.41, 5.74) is 1.11. The first-order valence-corrected chi connectivity index (χ1v) is 8.72. The molecule has 0 spiro atoms. The van der Waals surface area contributed by atoms with E-state index in [1.165, 1.54) is 5.56 Å². The second kappa shape index (κ2) is 8.67. The molecule has 0 bridgehead atoms. The summed E-state index contributed by atoms with van der Waals surface area (Å²) in [6.45, 7) is 6.43. The second-order valence-electron chi connectivity index (χ2n) is 5.97. The van der Waals surface area contributed by atoms with E-state index in [9.17, 15) is 4.79 Å². The average Bonchev–Trinajstić information content (AvgIpc) is 2.59. The van der Waals surface area contributed by atoms with Gasteiger partial charge in [0.15, 0.2) is 0 Å². The molecule has 2 rings (SSSR count). The summed E-state index contributed by atoms with van der Waals surface area (Å²) in [6.07, 6.45) is 2.08. The fraction of sp³-hybridized carbons (Fsp3) is 0.611. The Kier molecular flexibility index (Phi) is 6.88. The molecule has 1 heterocycles. The number of ether oxygens (including phenoxy) is 2. The fourth-order valence-corrected chi connectivity index (χ4v) is 3.21. The first-order chi connectivity index (χ1) is 11.1. The summed E-state index contributed by atoms with van der Waals surface area (Å²) in [7, 11) is 0. The van der Waals surface area contributed by atoms with Gasteiger partial charge in [-0.05, 0) is 43.9 Å². The SMILES string of the molecule is CCO[C@@H](CC)C(=O)NCC1(c2ccc(Cl)cc2)CCOCC1. The van der Waals surface area contributed by atoms with Crippen molar-refractivity contribution in [3.63, 3.8) is 0 Å². The van der Waals surface area contributed by atoms with E-state index < -0.39 is 0 Å². The van der Waals surface area contributed by atoms with Gasteiger partial charge in [-0.2, -0.15) is 0 Å². The van der Waals surface area contributed by atoms with Gasteiger partial charge in [-0.15, -0.1) is 0 Å². The van der Waals surface area contributed by atoms with Crippen molar-refractivity contribution < 1.29 is 14.3 Å². The molecule has 1 N–H and O–H groups in total. The van der Waals surface area contributed by atoms with Crippen LogP contribution in [0.25, 0.3) is 0 Å². The highest BCUT2D eigenvalue weighted by molar-refractivity contribution is 6.30. The van der Waals surface area contributed by atoms with Crippen molar-refractivity contribution in [1.29, 1.82) is 0 Å². The maximum absolute atomic E-state index is 12.3. The zero-order chi connectivity index (χ0) is 16.7. The molecular formula is C18H26ClNO3. The Labute approximate surface area is 143 Å². The molecule has 23 heavy (non-hydrogen) atoms. The van der Waals surface area contributed by atoms with Crippen LogP contribution in [0.2, 0.25) is 5.02 Å². The Hall–Kier alpha value is -1.10. The van der Waals surface area contributed by atoms with Crippen LogP contribution >= 0.6 is 11.6 Å². The number of halogens is 1. The Morgan fingerprint density at radius 1 is 1.30 bits per heavy atom. The van der Waals surface area contributed by atoms with Crippen LogP contribution in [0.15, 0.2) is 24.3 Å². The molecule has 5 heteroatoms. The maximum atomic E-state index is 12.3. The lowest BCUT2D eigenvalue weighted by molar-refractivity contribution is -0.133. The topological polar surface area (TPSA) is 47.6 Å². The number of hydrogen-bond acceptors (Lipinski definition) is 3. The minimum Gasteiger partial charge on any atom is -0.381 e. The fourth-order valence-electron chi connectivity index (χ4n) is 3.08. The summed E-state index contributed by atoms with van der Waals surface area (Å²) in [6, 6.07) is 7.93. The second-order valence-corrected chi connectivity index (χ2v) is 6.41. The molecule has 1 aliphatic rings. The zero-order valence-corrected chi connectivity index (χ0v) is 14.7. The molecular weight excluding hydrogens is 314 g/mol. The number of carbonyl (C=O) groups is 1. The van der Waals surface area contributed by atoms with Gasteiger partial charge in [0.2, 0.25) is 5.91 Å². The Balaban J connectivity index is 2.10. The first kappa shape index (κ1) is 18.2. The van der Waals surface area contributed by atoms with Gasteiger partial charge in [0.1, 0.15) is 6.10 Å². The number of carbonyl (C=O) groups excluding carboxylic acids is 1. The van der Waals surface area contributed by atoms with Crippen molar-refractivity contribution in [2.45, 2.75) is 44.6 Å². The zero-order valence-electron chi connectivity index (χ0n) is 13.9. The normalized spacial score (nSPS) is 18.4. The molecule has 0 aromatic heterocycles. The van der Waals surface area contributed by atoms with Crippen LogP contribution in [0, 0.1) is 0 Å². The maximum Gasteiger partial charge on any atom is 0.249 e. The molecule has 0 saturated carbocycles. The molecule has 0 unspecified atom stereocenters. The van der Waals surface area contributed by atoms with E-state index >= 15 is 0 Å². The monoisotopic (exact) mass is 339 g/mol. The molecule has 0 radical (unpaired) electrons. The summed E-state index contributed by atoms with van der Waals surface area (Å²) in [4.78, 5) is 12.3. The lowest BCUT2D eigenvalue weighted by Crippen LogP contribution is -2.47. The molecule has 0 aliphatic carbocycles. The van der Waals surface area contributed by atoms with Gasteiger partial charge in [-0.25, -0.2) is 0 Å². The minimum atomic E-state index is -0.373. The average molecular weight is 340 g/mol. The van der Waals surface area contributed by atoms with E-state index in [1.54, 1.807) is 0 Å². The third-order valence-corrected chi connectivity index (χ3v) is 4.79. The minimum absolute atomic E-state index is 0.0332. The van der Waals surface area contributed by atoms with E-state index in [0.717, 1.165) is 17.9 Å². The summed E-state index contributed by atoms with van der Waals surface area (Å²) < 4.78 is 11.0. The molecule has 1 aliphatic heterocycles. The predicted octanol–water partition coefficient (Wildman–Crippen LogP) is 3.32. The van der Waals surface area contributed by atoms with Gasteiger partial charge in [-0.1, -0.05) is 30.7 Å². The molecule has 1 saturated heterocycles. The van der Waals surface area contributed by atoms with Gasteiger partial charge in [0.05, 0.1) is 0 Å². The van der Waals surface area contributed by atoms with E-state index in [1.807, 2.05) is 26.0 Å². The lowest BCUT2D eigenvalue weighted by Gasteiger charge is -2.38. The largest absolute Gasteiger partial charge is 0.381 e. The number of benzene rings is 1. The molecule has 1 aromatic carbocycles. The van der Waals surface area contributed by atoms with Crippen molar-refractivity contribution in [2.24, 2.45) is 0 Å². The van der Waals surface area contributed by atoms with Crippen LogP contribution in [-0.2, 0) is 19.7 Å². The molecule has 4 nitrogen and oxygen atoms in total. The van der Waals surface area contributed by atoms with Gasteiger partial charge in [-0.3, -0.25) is 4.79 Å². The highest BCUT2D eigenvalue weighted by Gasteiger charge is 2.35. The smallest absolute Gasteiger partial charge is 0.249 e. The van der Waals surface area contributed by atoms with Crippen LogP contribution in [0.5, 0.6) is 0 Å². The molecule has 128 valence electrons. The third-order valence-electron chi connectivity index (χ3n) is 4.54. The van der Waals surface area contributed by atoms with Gasteiger partial charge >= 0.3 is 0 Å². The van der Waals surface area contributed by atoms with Crippen molar-refractivity contribution in [3.8, 4) is 0 Å². The van der Waals surface area contributed by atoms with Crippen LogP contribution in [0.4, 0.5) is 0 Å². The van der Waals surface area contributed by atoms with Crippen molar-refractivity contribution in [3.05, 3.63) is 34.9 Å². The predicted molar refractivity (Wildman–Crippen MR) is 91.9 cm³/mol. The Bertz CT molecular complexity index is 497. The first-order valence-electron chi connectivity index (χ1n) is 8.34. The Morgan fingerprint density at radius 2 is 1.96 bits per heavy atom. The van der Waals surface area contributed by atoms with E-state index in [4.69, 9.17) is 21.1 Å². The van der Waals surface area contributed by atoms with Crippen LogP contribution in [0.1, 0.15) is 38.7 Å². The summed E-state index contributed by atoms with van der Waals surface area (Å²) in [5, 5.41) is 3.81. The standard InChI is InChI=1S/C18H26ClNO3/c1-3-16(23-4-2)17(21)20-13-18(9-11-22-12-10-18)14-5-7-15(19)8-6-14/h5-8,16H,3-4,9-13H2,1-2H3,(H,20,21)/t16-/m0/s1. The van der Waals surface area contributed by atoms with Crippen molar-refractivity contribution >= 4 is 17.5 Å². The van der Waals surface area contributed by atoms with E-state index in [-0.39, 0.29) is 17.4 Å². The molecule has 1 atom stereocenters. The number of hydrogen-bond donors (Lipinski definition) is 1. The molecule has 1 aromatic rings. The number of amides is 1. The van der Waals surface area contributed by atoms with Crippen LogP contribution in [0.3, 0.4) is 0 Å². The van der Waals surface area contributed by atoms with Gasteiger partial charge in [0, 0.05) is 36.8 Å². The number of nitrogens with one attached hydrogen (secondary N) is 1. The van der Waals surface area contributed by atoms with Crippen molar-refractivity contribution in [1.82, 2.24) is 5.32 Å². The summed E-state index contributed by atoms with van der Waals surface area (Å²) in [5.74, 6) is -0.0332. The van der Waals surface area contributed by atoms with Crippen LogP contribution in [-0.4, -0.2) is 38.4 Å². The highest BCUT2D eigenvalue weighted by Crippen LogP contribution is 2.34. The quantitative estimate of drug-likeness (QED) is 0.829. The third kappa shape index (κ3) is 4.69. The van der Waals surface area contributed by atoms with E-state index in [2.05, 4.69) is 17.4 Å². The molecule has 1 fully saturated rings. The van der Waals surface area contributed by atoms with Crippen LogP contribution < -0.4 is 5.32 Å². The highest BCUT2D eigenvalue weighted by atomic mass is 35.5. The summed E-state index contributed by atoms with van der Waals surface area (Å²) >= 11 is 6.01. The lowest BCUT2D eigenvalue weighted by atomic mass is 9.74. The Morgan fingerprint density at radius 3 is 2.52 bits per heavy atom. The van der Waals surface area contributed by atoms with Gasteiger partial charge in [0.25, 0.3) is 0 Å².